The van der Waals surface area contributed by atoms with E-state index in [-0.39, 0.29) is 5.92 Å². The predicted molar refractivity (Wildman–Crippen MR) is 111 cm³/mol. The molecule has 0 saturated heterocycles. The Hall–Kier alpha value is -1.50. The van der Waals surface area contributed by atoms with Crippen LogP contribution in [0.4, 0.5) is 5.69 Å². The molecule has 0 aliphatic heterocycles. The fourth-order valence-corrected chi connectivity index (χ4v) is 3.14. The van der Waals surface area contributed by atoms with E-state index >= 15 is 0 Å². The Bertz CT molecular complexity index is 590. The Labute approximate surface area is 171 Å². The van der Waals surface area contributed by atoms with Crippen LogP contribution >= 0.6 is 23.2 Å². The third kappa shape index (κ3) is 8.37. The highest BCUT2D eigenvalue weighted by molar-refractivity contribution is 6.18. The lowest BCUT2D eigenvalue weighted by atomic mass is 10.0. The van der Waals surface area contributed by atoms with Crippen molar-refractivity contribution in [3.63, 3.8) is 0 Å². The maximum Gasteiger partial charge on any atom is 0.326 e. The minimum absolute atomic E-state index is 0.152. The first-order valence-electron chi connectivity index (χ1n) is 9.03. The van der Waals surface area contributed by atoms with Gasteiger partial charge >= 0.3 is 5.97 Å². The zero-order valence-electron chi connectivity index (χ0n) is 15.8. The average molecular weight is 418 g/mol. The van der Waals surface area contributed by atoms with Crippen LogP contribution < -0.4 is 16.0 Å². The molecule has 1 aromatic carbocycles. The molecule has 0 radical (unpaired) electrons. The molecular formula is C19H29Cl2N3O3. The van der Waals surface area contributed by atoms with E-state index in [1.54, 1.807) is 0 Å². The van der Waals surface area contributed by atoms with E-state index in [0.717, 1.165) is 11.3 Å². The molecule has 0 heterocycles. The third-order valence-electron chi connectivity index (χ3n) is 4.12. The van der Waals surface area contributed by atoms with Gasteiger partial charge in [-0.1, -0.05) is 26.0 Å². The van der Waals surface area contributed by atoms with E-state index in [9.17, 15) is 14.7 Å². The molecule has 2 atom stereocenters. The highest BCUT2D eigenvalue weighted by Gasteiger charge is 2.24. The first kappa shape index (κ1) is 23.5. The zero-order valence-corrected chi connectivity index (χ0v) is 17.3. The van der Waals surface area contributed by atoms with Crippen LogP contribution in [0.3, 0.4) is 0 Å². The van der Waals surface area contributed by atoms with Crippen molar-refractivity contribution in [2.75, 3.05) is 29.7 Å². The largest absolute Gasteiger partial charge is 0.480 e. The van der Waals surface area contributed by atoms with Crippen molar-refractivity contribution >= 4 is 40.8 Å². The first-order valence-corrected chi connectivity index (χ1v) is 10.1. The van der Waals surface area contributed by atoms with Crippen molar-refractivity contribution in [2.45, 2.75) is 38.8 Å². The van der Waals surface area contributed by atoms with E-state index in [1.165, 1.54) is 0 Å². The standard InChI is InChI=1S/C19H29Cl2N3O3/c1-13(2)11-17(19(26)27)23-18(25)16(22)12-14-3-5-15(6-4-14)24(9-7-20)10-8-21/h3-6,13,16-17H,7-12,22H2,1-2H3,(H,23,25)(H,26,27). The molecule has 0 aromatic heterocycles. The number of hydrogen-bond donors (Lipinski definition) is 3. The number of nitrogens with one attached hydrogen (secondary N) is 1. The summed E-state index contributed by atoms with van der Waals surface area (Å²) >= 11 is 11.6. The van der Waals surface area contributed by atoms with E-state index in [2.05, 4.69) is 10.2 Å². The number of nitrogens with zero attached hydrogens (tertiary/aromatic N) is 1. The molecule has 6 nitrogen and oxygen atoms in total. The molecular weight excluding hydrogens is 389 g/mol. The highest BCUT2D eigenvalue weighted by Crippen LogP contribution is 2.16. The van der Waals surface area contributed by atoms with Gasteiger partial charge in [-0.05, 0) is 36.5 Å². The fraction of sp³-hybridized carbons (Fsp3) is 0.579. The van der Waals surface area contributed by atoms with Crippen LogP contribution in [0, 0.1) is 5.92 Å². The van der Waals surface area contributed by atoms with Gasteiger partial charge in [0.2, 0.25) is 5.91 Å². The van der Waals surface area contributed by atoms with E-state index in [0.29, 0.717) is 37.7 Å². The molecule has 0 saturated carbocycles. The second kappa shape index (κ2) is 12.1. The molecule has 0 aliphatic rings. The SMILES string of the molecule is CC(C)CC(NC(=O)C(N)Cc1ccc(N(CCCl)CCCl)cc1)C(=O)O. The van der Waals surface area contributed by atoms with Crippen molar-refractivity contribution in [3.8, 4) is 0 Å². The summed E-state index contributed by atoms with van der Waals surface area (Å²) in [6, 6.07) is 5.95. The number of carbonyl (C=O) groups excluding carboxylic acids is 1. The molecule has 27 heavy (non-hydrogen) atoms. The number of carbonyl (C=O) groups is 2. The van der Waals surface area contributed by atoms with Gasteiger partial charge in [0.15, 0.2) is 0 Å². The maximum absolute atomic E-state index is 12.3. The number of aliphatic carboxylic acids is 1. The topological polar surface area (TPSA) is 95.7 Å². The fourth-order valence-electron chi connectivity index (χ4n) is 2.74. The van der Waals surface area contributed by atoms with Gasteiger partial charge in [-0.3, -0.25) is 4.79 Å². The van der Waals surface area contributed by atoms with Crippen LogP contribution in [0.1, 0.15) is 25.8 Å². The van der Waals surface area contributed by atoms with E-state index in [1.807, 2.05) is 38.1 Å². The summed E-state index contributed by atoms with van der Waals surface area (Å²) in [6.45, 7) is 5.20. The molecule has 0 spiro atoms. The molecule has 1 rings (SSSR count). The van der Waals surface area contributed by atoms with Crippen molar-refractivity contribution in [1.29, 1.82) is 0 Å². The van der Waals surface area contributed by atoms with Crippen molar-refractivity contribution in [2.24, 2.45) is 11.7 Å². The lowest BCUT2D eigenvalue weighted by Crippen LogP contribution is -2.49. The monoisotopic (exact) mass is 417 g/mol. The van der Waals surface area contributed by atoms with Crippen LogP contribution in [-0.2, 0) is 16.0 Å². The van der Waals surface area contributed by atoms with Crippen molar-refractivity contribution in [1.82, 2.24) is 5.32 Å². The van der Waals surface area contributed by atoms with Crippen LogP contribution in [0.25, 0.3) is 0 Å². The smallest absolute Gasteiger partial charge is 0.326 e. The molecule has 2 unspecified atom stereocenters. The second-order valence-corrected chi connectivity index (χ2v) is 7.63. The Morgan fingerprint density at radius 3 is 2.15 bits per heavy atom. The number of anilines is 1. The maximum atomic E-state index is 12.3. The van der Waals surface area contributed by atoms with E-state index < -0.39 is 24.0 Å². The van der Waals surface area contributed by atoms with Crippen molar-refractivity contribution in [3.05, 3.63) is 29.8 Å². The molecule has 0 bridgehead atoms. The Balaban J connectivity index is 2.68. The second-order valence-electron chi connectivity index (χ2n) is 6.87. The van der Waals surface area contributed by atoms with Gasteiger partial charge in [-0.2, -0.15) is 0 Å². The molecule has 0 fully saturated rings. The molecule has 0 aliphatic carbocycles. The number of halogens is 2. The van der Waals surface area contributed by atoms with Gasteiger partial charge in [0, 0.05) is 30.5 Å². The van der Waals surface area contributed by atoms with Gasteiger partial charge < -0.3 is 21.1 Å². The number of carboxylic acids is 1. The Kier molecular flexibility index (Phi) is 10.5. The number of benzene rings is 1. The summed E-state index contributed by atoms with van der Waals surface area (Å²) in [5, 5.41) is 11.8. The number of hydrogen-bond acceptors (Lipinski definition) is 4. The molecule has 4 N–H and O–H groups in total. The molecule has 1 aromatic rings. The number of carboxylic acid groups (broad SMARTS) is 1. The Morgan fingerprint density at radius 1 is 1.15 bits per heavy atom. The normalized spacial score (nSPS) is 13.3. The van der Waals surface area contributed by atoms with E-state index in [4.69, 9.17) is 28.9 Å². The van der Waals surface area contributed by atoms with Gasteiger partial charge in [-0.25, -0.2) is 4.79 Å². The summed E-state index contributed by atoms with van der Waals surface area (Å²) in [6.07, 6.45) is 0.685. The summed E-state index contributed by atoms with van der Waals surface area (Å²) < 4.78 is 0. The van der Waals surface area contributed by atoms with Gasteiger partial charge in [0.1, 0.15) is 6.04 Å². The van der Waals surface area contributed by atoms with Crippen molar-refractivity contribution < 1.29 is 14.7 Å². The minimum Gasteiger partial charge on any atom is -0.480 e. The summed E-state index contributed by atoms with van der Waals surface area (Å²) in [4.78, 5) is 25.6. The lowest BCUT2D eigenvalue weighted by Gasteiger charge is -2.23. The van der Waals surface area contributed by atoms with Crippen LogP contribution in [0.5, 0.6) is 0 Å². The number of nitrogens with two attached hydrogens (primary N) is 1. The predicted octanol–water partition coefficient (Wildman–Crippen LogP) is 2.46. The average Bonchev–Trinajstić information content (AvgIpc) is 2.61. The highest BCUT2D eigenvalue weighted by atomic mass is 35.5. The van der Waals surface area contributed by atoms with Gasteiger partial charge in [0.25, 0.3) is 0 Å². The summed E-state index contributed by atoms with van der Waals surface area (Å²) in [5.41, 5.74) is 7.87. The van der Waals surface area contributed by atoms with Crippen LogP contribution in [0.2, 0.25) is 0 Å². The number of amides is 1. The molecule has 152 valence electrons. The van der Waals surface area contributed by atoms with Crippen LogP contribution in [-0.4, -0.2) is 53.9 Å². The lowest BCUT2D eigenvalue weighted by molar-refractivity contribution is -0.142. The summed E-state index contributed by atoms with van der Waals surface area (Å²) in [5.74, 6) is -0.347. The van der Waals surface area contributed by atoms with Gasteiger partial charge in [-0.15, -0.1) is 23.2 Å². The molecule has 1 amide bonds. The summed E-state index contributed by atoms with van der Waals surface area (Å²) in [7, 11) is 0. The number of rotatable bonds is 12. The zero-order chi connectivity index (χ0) is 20.4. The Morgan fingerprint density at radius 2 is 1.70 bits per heavy atom. The quantitative estimate of drug-likeness (QED) is 0.454. The first-order chi connectivity index (χ1) is 12.8. The van der Waals surface area contributed by atoms with Crippen LogP contribution in [0.15, 0.2) is 24.3 Å². The number of alkyl halides is 2. The van der Waals surface area contributed by atoms with Gasteiger partial charge in [0.05, 0.1) is 6.04 Å². The minimum atomic E-state index is -1.05. The molecule has 8 heteroatoms. The third-order valence-corrected chi connectivity index (χ3v) is 4.46.